The van der Waals surface area contributed by atoms with Crippen LogP contribution in [0.5, 0.6) is 0 Å². The van der Waals surface area contributed by atoms with E-state index < -0.39 is 0 Å². The van der Waals surface area contributed by atoms with Crippen LogP contribution in [0.15, 0.2) is 24.3 Å². The first kappa shape index (κ1) is 14.2. The van der Waals surface area contributed by atoms with Crippen molar-refractivity contribution in [1.29, 1.82) is 0 Å². The maximum atomic E-state index is 12.2. The third kappa shape index (κ3) is 3.28. The van der Waals surface area contributed by atoms with Crippen molar-refractivity contribution < 1.29 is 4.79 Å². The predicted octanol–water partition coefficient (Wildman–Crippen LogP) is 2.58. The van der Waals surface area contributed by atoms with E-state index in [1.165, 1.54) is 0 Å². The Morgan fingerprint density at radius 3 is 2.90 bits per heavy atom. The molecule has 0 bridgehead atoms. The summed E-state index contributed by atoms with van der Waals surface area (Å²) in [5, 5.41) is 12.9. The quantitative estimate of drug-likeness (QED) is 0.913. The van der Waals surface area contributed by atoms with Gasteiger partial charge in [0.15, 0.2) is 0 Å². The van der Waals surface area contributed by atoms with E-state index in [4.69, 9.17) is 5.73 Å². The highest BCUT2D eigenvalue weighted by Gasteiger charge is 2.27. The van der Waals surface area contributed by atoms with Gasteiger partial charge >= 0.3 is 0 Å². The zero-order valence-corrected chi connectivity index (χ0v) is 12.7. The number of nitrogens with one attached hydrogen (secondary N) is 1. The number of hydrogen-bond donors (Lipinski definition) is 2. The van der Waals surface area contributed by atoms with Crippen LogP contribution in [0.25, 0.3) is 10.6 Å². The molecule has 6 heteroatoms. The van der Waals surface area contributed by atoms with Gasteiger partial charge in [-0.25, -0.2) is 0 Å². The smallest absolute Gasteiger partial charge is 0.227 e. The number of carbonyl (C=O) groups excluding carboxylic acids is 1. The van der Waals surface area contributed by atoms with Gasteiger partial charge in [-0.1, -0.05) is 23.5 Å². The third-order valence-corrected chi connectivity index (χ3v) is 4.63. The van der Waals surface area contributed by atoms with Crippen LogP contribution in [0.4, 0.5) is 5.69 Å². The summed E-state index contributed by atoms with van der Waals surface area (Å²) in [5.74, 6) is 0.0981. The summed E-state index contributed by atoms with van der Waals surface area (Å²) in [6.07, 6.45) is 2.59. The lowest BCUT2D eigenvalue weighted by atomic mass is 10.1. The fourth-order valence-electron chi connectivity index (χ4n) is 2.64. The number of rotatable bonds is 3. The average Bonchev–Trinajstić information content (AvgIpc) is 3.08. The normalized spacial score (nSPS) is 21.4. The van der Waals surface area contributed by atoms with E-state index in [-0.39, 0.29) is 17.9 Å². The molecule has 1 aliphatic rings. The van der Waals surface area contributed by atoms with Gasteiger partial charge in [0, 0.05) is 23.2 Å². The Balaban J connectivity index is 1.73. The number of anilines is 1. The lowest BCUT2D eigenvalue weighted by Gasteiger charge is -2.11. The molecule has 1 aliphatic carbocycles. The van der Waals surface area contributed by atoms with Crippen LogP contribution in [-0.4, -0.2) is 22.1 Å². The highest BCUT2D eigenvalue weighted by Crippen LogP contribution is 2.28. The van der Waals surface area contributed by atoms with Gasteiger partial charge in [-0.15, -0.1) is 10.2 Å². The molecule has 2 unspecified atom stereocenters. The lowest BCUT2D eigenvalue weighted by Crippen LogP contribution is -2.23. The van der Waals surface area contributed by atoms with Crippen molar-refractivity contribution in [2.75, 3.05) is 5.32 Å². The fraction of sp³-hybridized carbons (Fsp3) is 0.400. The largest absolute Gasteiger partial charge is 0.328 e. The van der Waals surface area contributed by atoms with Crippen LogP contribution < -0.4 is 11.1 Å². The van der Waals surface area contributed by atoms with Crippen molar-refractivity contribution in [2.45, 2.75) is 32.2 Å². The maximum absolute atomic E-state index is 12.2. The van der Waals surface area contributed by atoms with Crippen LogP contribution in [0, 0.1) is 12.8 Å². The van der Waals surface area contributed by atoms with E-state index in [0.717, 1.165) is 40.5 Å². The van der Waals surface area contributed by atoms with E-state index in [2.05, 4.69) is 15.5 Å². The molecule has 1 amide bonds. The summed E-state index contributed by atoms with van der Waals surface area (Å²) in [4.78, 5) is 12.2. The number of benzene rings is 1. The molecule has 1 heterocycles. The molecule has 0 aliphatic heterocycles. The number of aromatic nitrogens is 2. The van der Waals surface area contributed by atoms with Gasteiger partial charge in [-0.2, -0.15) is 0 Å². The molecule has 21 heavy (non-hydrogen) atoms. The Hall–Kier alpha value is -1.79. The fourth-order valence-corrected chi connectivity index (χ4v) is 3.33. The summed E-state index contributed by atoms with van der Waals surface area (Å²) in [7, 11) is 0. The number of nitrogens with two attached hydrogens (primary N) is 1. The van der Waals surface area contributed by atoms with E-state index in [9.17, 15) is 4.79 Å². The Morgan fingerprint density at radius 1 is 1.38 bits per heavy atom. The summed E-state index contributed by atoms with van der Waals surface area (Å²) in [6.45, 7) is 1.93. The van der Waals surface area contributed by atoms with Crippen molar-refractivity contribution in [3.05, 3.63) is 29.3 Å². The molecule has 2 atom stereocenters. The van der Waals surface area contributed by atoms with Gasteiger partial charge in [-0.3, -0.25) is 4.79 Å². The molecular weight excluding hydrogens is 284 g/mol. The second-order valence-corrected chi connectivity index (χ2v) is 6.65. The molecule has 110 valence electrons. The molecule has 0 spiro atoms. The predicted molar refractivity (Wildman–Crippen MR) is 84.0 cm³/mol. The molecule has 2 aromatic rings. The first-order valence-electron chi connectivity index (χ1n) is 7.09. The standard InChI is InChI=1S/C15H18N4OS/c1-9-18-19-15(21-9)11-3-2-4-13(8-11)17-14(20)10-5-6-12(16)7-10/h2-4,8,10,12H,5-7,16H2,1H3,(H,17,20). The van der Waals surface area contributed by atoms with Crippen LogP contribution in [0.1, 0.15) is 24.3 Å². The number of amides is 1. The van der Waals surface area contributed by atoms with E-state index >= 15 is 0 Å². The number of nitrogens with zero attached hydrogens (tertiary/aromatic N) is 2. The molecule has 1 saturated carbocycles. The zero-order valence-electron chi connectivity index (χ0n) is 11.9. The highest BCUT2D eigenvalue weighted by atomic mass is 32.1. The molecule has 3 N–H and O–H groups in total. The van der Waals surface area contributed by atoms with Gasteiger partial charge < -0.3 is 11.1 Å². The zero-order chi connectivity index (χ0) is 14.8. The van der Waals surface area contributed by atoms with Crippen molar-refractivity contribution in [3.63, 3.8) is 0 Å². The molecule has 1 fully saturated rings. The van der Waals surface area contributed by atoms with Crippen LogP contribution in [0.3, 0.4) is 0 Å². The molecule has 5 nitrogen and oxygen atoms in total. The SMILES string of the molecule is Cc1nnc(-c2cccc(NC(=O)C3CCC(N)C3)c2)s1. The monoisotopic (exact) mass is 302 g/mol. The Morgan fingerprint density at radius 2 is 2.24 bits per heavy atom. The van der Waals surface area contributed by atoms with Gasteiger partial charge in [0.1, 0.15) is 10.0 Å². The van der Waals surface area contributed by atoms with Gasteiger partial charge in [0.05, 0.1) is 0 Å². The number of carbonyl (C=O) groups is 1. The van der Waals surface area contributed by atoms with Gasteiger partial charge in [0.2, 0.25) is 5.91 Å². The van der Waals surface area contributed by atoms with Crippen molar-refractivity contribution in [3.8, 4) is 10.6 Å². The van der Waals surface area contributed by atoms with E-state index in [1.54, 1.807) is 11.3 Å². The molecule has 1 aromatic carbocycles. The first-order valence-corrected chi connectivity index (χ1v) is 7.90. The molecule has 3 rings (SSSR count). The highest BCUT2D eigenvalue weighted by molar-refractivity contribution is 7.14. The topological polar surface area (TPSA) is 80.9 Å². The van der Waals surface area contributed by atoms with E-state index in [0.29, 0.717) is 0 Å². The summed E-state index contributed by atoms with van der Waals surface area (Å²) < 4.78 is 0. The first-order chi connectivity index (χ1) is 10.1. The second kappa shape index (κ2) is 5.91. The lowest BCUT2D eigenvalue weighted by molar-refractivity contribution is -0.119. The number of hydrogen-bond acceptors (Lipinski definition) is 5. The second-order valence-electron chi connectivity index (χ2n) is 5.47. The minimum Gasteiger partial charge on any atom is -0.328 e. The Labute approximate surface area is 127 Å². The minimum atomic E-state index is 0.0347. The maximum Gasteiger partial charge on any atom is 0.227 e. The van der Waals surface area contributed by atoms with E-state index in [1.807, 2.05) is 31.2 Å². The molecular formula is C15H18N4OS. The summed E-state index contributed by atoms with van der Waals surface area (Å²) in [6, 6.07) is 7.89. The summed E-state index contributed by atoms with van der Waals surface area (Å²) in [5.41, 5.74) is 7.64. The Bertz CT molecular complexity index is 655. The molecule has 0 radical (unpaired) electrons. The van der Waals surface area contributed by atoms with Crippen LogP contribution in [-0.2, 0) is 4.79 Å². The van der Waals surface area contributed by atoms with Crippen LogP contribution >= 0.6 is 11.3 Å². The van der Waals surface area contributed by atoms with Crippen LogP contribution in [0.2, 0.25) is 0 Å². The Kier molecular flexibility index (Phi) is 3.98. The van der Waals surface area contributed by atoms with Crippen molar-refractivity contribution in [1.82, 2.24) is 10.2 Å². The molecule has 0 saturated heterocycles. The minimum absolute atomic E-state index is 0.0347. The number of aryl methyl sites for hydroxylation is 1. The van der Waals surface area contributed by atoms with Crippen molar-refractivity contribution in [2.24, 2.45) is 11.7 Å². The molecule has 1 aromatic heterocycles. The van der Waals surface area contributed by atoms with Gasteiger partial charge in [0.25, 0.3) is 0 Å². The summed E-state index contributed by atoms with van der Waals surface area (Å²) >= 11 is 1.54. The third-order valence-electron chi connectivity index (χ3n) is 3.75. The van der Waals surface area contributed by atoms with Gasteiger partial charge in [-0.05, 0) is 38.3 Å². The average molecular weight is 302 g/mol. The van der Waals surface area contributed by atoms with Crippen molar-refractivity contribution >= 4 is 22.9 Å².